The fraction of sp³-hybridized carbons (Fsp3) is 0.375. The predicted molar refractivity (Wildman–Crippen MR) is 86.5 cm³/mol. The molecule has 1 aliphatic heterocycles. The Kier molecular flexibility index (Phi) is 4.80. The van der Waals surface area contributed by atoms with E-state index in [1.807, 2.05) is 0 Å². The zero-order valence-electron chi connectivity index (χ0n) is 12.9. The first-order valence-electron chi connectivity index (χ1n) is 7.63. The van der Waals surface area contributed by atoms with Crippen molar-refractivity contribution < 1.29 is 14.7 Å². The summed E-state index contributed by atoms with van der Waals surface area (Å²) < 4.78 is 1.60. The number of hydrogen-bond donors (Lipinski definition) is 1. The molecule has 3 rings (SSSR count). The molecule has 0 aliphatic carbocycles. The maximum Gasteiger partial charge on any atom is 0.308 e. The lowest BCUT2D eigenvalue weighted by Gasteiger charge is -2.16. The summed E-state index contributed by atoms with van der Waals surface area (Å²) in [5.74, 6) is -1.78. The first-order chi connectivity index (χ1) is 11.5. The highest BCUT2D eigenvalue weighted by Crippen LogP contribution is 2.33. The summed E-state index contributed by atoms with van der Waals surface area (Å²) in [7, 11) is 0. The SMILES string of the molecule is O=C(O)[C@@H]1CN(C(=O)CCn2cc(Cl)cn2)C[C@H]1c1ccncc1. The smallest absolute Gasteiger partial charge is 0.308 e. The molecular formula is C16H17ClN4O3. The van der Waals surface area contributed by atoms with Gasteiger partial charge in [0.25, 0.3) is 0 Å². The number of halogens is 1. The van der Waals surface area contributed by atoms with Gasteiger partial charge in [0.2, 0.25) is 5.91 Å². The van der Waals surface area contributed by atoms with E-state index < -0.39 is 11.9 Å². The van der Waals surface area contributed by atoms with E-state index >= 15 is 0 Å². The van der Waals surface area contributed by atoms with Crippen LogP contribution in [0.4, 0.5) is 0 Å². The monoisotopic (exact) mass is 348 g/mol. The minimum atomic E-state index is -0.883. The fourth-order valence-electron chi connectivity index (χ4n) is 3.04. The van der Waals surface area contributed by atoms with Crippen LogP contribution < -0.4 is 0 Å². The van der Waals surface area contributed by atoms with Gasteiger partial charge in [-0.1, -0.05) is 11.6 Å². The number of carboxylic acid groups (broad SMARTS) is 1. The number of aromatic nitrogens is 3. The third kappa shape index (κ3) is 3.56. The molecule has 0 bridgehead atoms. The van der Waals surface area contributed by atoms with Crippen LogP contribution in [0.2, 0.25) is 5.02 Å². The van der Waals surface area contributed by atoms with Crippen molar-refractivity contribution in [3.05, 3.63) is 47.5 Å². The lowest BCUT2D eigenvalue weighted by Crippen LogP contribution is -2.30. The molecule has 1 saturated heterocycles. The minimum Gasteiger partial charge on any atom is -0.481 e. The second-order valence-corrected chi connectivity index (χ2v) is 6.24. The number of carbonyl (C=O) groups excluding carboxylic acids is 1. The molecule has 7 nitrogen and oxygen atoms in total. The van der Waals surface area contributed by atoms with Gasteiger partial charge in [-0.25, -0.2) is 0 Å². The van der Waals surface area contributed by atoms with Crippen LogP contribution in [-0.2, 0) is 16.1 Å². The Labute approximate surface area is 143 Å². The number of likely N-dealkylation sites (tertiary alicyclic amines) is 1. The van der Waals surface area contributed by atoms with Crippen LogP contribution in [0.15, 0.2) is 36.9 Å². The van der Waals surface area contributed by atoms with Crippen LogP contribution >= 0.6 is 11.6 Å². The highest BCUT2D eigenvalue weighted by Gasteiger charge is 2.40. The molecular weight excluding hydrogens is 332 g/mol. The Morgan fingerprint density at radius 1 is 1.29 bits per heavy atom. The van der Waals surface area contributed by atoms with Crippen molar-refractivity contribution in [3.63, 3.8) is 0 Å². The number of nitrogens with zero attached hydrogens (tertiary/aromatic N) is 4. The molecule has 24 heavy (non-hydrogen) atoms. The molecule has 2 aromatic rings. The van der Waals surface area contributed by atoms with Gasteiger partial charge in [-0.05, 0) is 17.7 Å². The Bertz CT molecular complexity index is 734. The third-order valence-corrected chi connectivity index (χ3v) is 4.48. The lowest BCUT2D eigenvalue weighted by molar-refractivity contribution is -0.141. The van der Waals surface area contributed by atoms with Crippen LogP contribution in [0.5, 0.6) is 0 Å². The Morgan fingerprint density at radius 3 is 2.67 bits per heavy atom. The number of aryl methyl sites for hydroxylation is 1. The van der Waals surface area contributed by atoms with Crippen LogP contribution in [0.25, 0.3) is 0 Å². The van der Waals surface area contributed by atoms with Crippen molar-refractivity contribution in [2.24, 2.45) is 5.92 Å². The molecule has 1 amide bonds. The topological polar surface area (TPSA) is 88.3 Å². The summed E-state index contributed by atoms with van der Waals surface area (Å²) in [6.07, 6.45) is 6.70. The molecule has 2 atom stereocenters. The minimum absolute atomic E-state index is 0.0792. The number of carbonyl (C=O) groups is 2. The highest BCUT2D eigenvalue weighted by atomic mass is 35.5. The first kappa shape index (κ1) is 16.4. The predicted octanol–water partition coefficient (Wildman–Crippen LogP) is 1.65. The summed E-state index contributed by atoms with van der Waals surface area (Å²) in [6, 6.07) is 3.61. The first-order valence-corrected chi connectivity index (χ1v) is 8.01. The molecule has 8 heteroatoms. The summed E-state index contributed by atoms with van der Waals surface area (Å²) in [5.41, 5.74) is 0.895. The number of hydrogen-bond acceptors (Lipinski definition) is 4. The van der Waals surface area contributed by atoms with Crippen molar-refractivity contribution in [2.45, 2.75) is 18.9 Å². The van der Waals surface area contributed by atoms with Crippen LogP contribution in [-0.4, -0.2) is 49.7 Å². The van der Waals surface area contributed by atoms with Crippen molar-refractivity contribution in [1.82, 2.24) is 19.7 Å². The number of aliphatic carboxylic acids is 1. The number of carboxylic acids is 1. The van der Waals surface area contributed by atoms with Crippen molar-refractivity contribution >= 4 is 23.5 Å². The molecule has 126 valence electrons. The molecule has 1 aliphatic rings. The van der Waals surface area contributed by atoms with Crippen molar-refractivity contribution in [1.29, 1.82) is 0 Å². The largest absolute Gasteiger partial charge is 0.481 e. The van der Waals surface area contributed by atoms with Gasteiger partial charge in [-0.15, -0.1) is 0 Å². The van der Waals surface area contributed by atoms with E-state index in [1.165, 1.54) is 6.20 Å². The summed E-state index contributed by atoms with van der Waals surface area (Å²) in [5, 5.41) is 14.0. The van der Waals surface area contributed by atoms with E-state index in [0.29, 0.717) is 18.1 Å². The fourth-order valence-corrected chi connectivity index (χ4v) is 3.19. The zero-order valence-corrected chi connectivity index (χ0v) is 13.6. The molecule has 0 unspecified atom stereocenters. The second-order valence-electron chi connectivity index (χ2n) is 5.80. The van der Waals surface area contributed by atoms with E-state index in [2.05, 4.69) is 10.1 Å². The van der Waals surface area contributed by atoms with Gasteiger partial charge in [0, 0.05) is 50.6 Å². The third-order valence-electron chi connectivity index (χ3n) is 4.28. The van der Waals surface area contributed by atoms with Gasteiger partial charge in [0.15, 0.2) is 0 Å². The summed E-state index contributed by atoms with van der Waals surface area (Å²) in [4.78, 5) is 29.5. The van der Waals surface area contributed by atoms with Crippen molar-refractivity contribution in [2.75, 3.05) is 13.1 Å². The summed E-state index contributed by atoms with van der Waals surface area (Å²) in [6.45, 7) is 1.04. The maximum absolute atomic E-state index is 12.4. The van der Waals surface area contributed by atoms with Gasteiger partial charge in [0.1, 0.15) is 0 Å². The van der Waals surface area contributed by atoms with Crippen LogP contribution in [0.1, 0.15) is 17.9 Å². The van der Waals surface area contributed by atoms with E-state index in [4.69, 9.17) is 11.6 Å². The molecule has 1 N–H and O–H groups in total. The quantitative estimate of drug-likeness (QED) is 0.887. The lowest BCUT2D eigenvalue weighted by atomic mass is 9.90. The van der Waals surface area contributed by atoms with Crippen LogP contribution in [0.3, 0.4) is 0 Å². The maximum atomic E-state index is 12.4. The Balaban J connectivity index is 1.66. The number of amides is 1. The Hall–Kier alpha value is -2.41. The van der Waals surface area contributed by atoms with E-state index in [0.717, 1.165) is 5.56 Å². The molecule has 0 spiro atoms. The number of pyridine rings is 1. The van der Waals surface area contributed by atoms with Gasteiger partial charge < -0.3 is 10.0 Å². The van der Waals surface area contributed by atoms with E-state index in [1.54, 1.807) is 40.3 Å². The molecule has 1 fully saturated rings. The summed E-state index contributed by atoms with van der Waals surface area (Å²) >= 11 is 5.79. The average Bonchev–Trinajstić information content (AvgIpc) is 3.20. The standard InChI is InChI=1S/C16H17ClN4O3/c17-12-7-19-21(8-12)6-3-15(22)20-9-13(14(10-20)16(23)24)11-1-4-18-5-2-11/h1-2,4-5,7-8,13-14H,3,6,9-10H2,(H,23,24)/t13-,14+/m0/s1. The number of rotatable bonds is 5. The average molecular weight is 349 g/mol. The van der Waals surface area contributed by atoms with Gasteiger partial charge in [0.05, 0.1) is 17.1 Å². The molecule has 0 aromatic carbocycles. The van der Waals surface area contributed by atoms with Crippen molar-refractivity contribution in [3.8, 4) is 0 Å². The van der Waals surface area contributed by atoms with E-state index in [-0.39, 0.29) is 24.8 Å². The van der Waals surface area contributed by atoms with Gasteiger partial charge >= 0.3 is 5.97 Å². The van der Waals surface area contributed by atoms with Gasteiger partial charge in [-0.3, -0.25) is 19.3 Å². The zero-order chi connectivity index (χ0) is 17.1. The normalized spacial score (nSPS) is 20.3. The molecule has 0 radical (unpaired) electrons. The molecule has 2 aromatic heterocycles. The van der Waals surface area contributed by atoms with Crippen LogP contribution in [0, 0.1) is 5.92 Å². The van der Waals surface area contributed by atoms with Gasteiger partial charge in [-0.2, -0.15) is 5.10 Å². The Morgan fingerprint density at radius 2 is 2.04 bits per heavy atom. The highest BCUT2D eigenvalue weighted by molar-refractivity contribution is 6.30. The molecule has 3 heterocycles. The second kappa shape index (κ2) is 7.00. The van der Waals surface area contributed by atoms with E-state index in [9.17, 15) is 14.7 Å². The molecule has 0 saturated carbocycles.